The largest absolute Gasteiger partial charge is 0.485 e. The molecule has 0 aliphatic carbocycles. The summed E-state index contributed by atoms with van der Waals surface area (Å²) in [6.45, 7) is 9.53. The molecule has 0 unspecified atom stereocenters. The van der Waals surface area contributed by atoms with E-state index in [4.69, 9.17) is 14.9 Å². The van der Waals surface area contributed by atoms with Crippen molar-refractivity contribution in [2.24, 2.45) is 5.73 Å². The fraction of sp³-hybridized carbons (Fsp3) is 0.412. The first-order valence-corrected chi connectivity index (χ1v) is 6.90. The first-order chi connectivity index (χ1) is 9.40. The highest BCUT2D eigenvalue weighted by Crippen LogP contribution is 2.32. The minimum atomic E-state index is 0.0502. The van der Waals surface area contributed by atoms with Crippen molar-refractivity contribution in [1.82, 2.24) is 0 Å². The Morgan fingerprint density at radius 3 is 2.55 bits per heavy atom. The summed E-state index contributed by atoms with van der Waals surface area (Å²) in [5.41, 5.74) is 9.00. The highest BCUT2D eigenvalue weighted by atomic mass is 16.5. The first-order valence-electron chi connectivity index (χ1n) is 6.90. The molecule has 2 aromatic rings. The SMILES string of the molecule is Cc1ccc(C(C)(C)C)c(OCc2cc(CN)co2)c1. The Morgan fingerprint density at radius 2 is 1.95 bits per heavy atom. The van der Waals surface area contributed by atoms with Gasteiger partial charge in [0.05, 0.1) is 6.26 Å². The zero-order valence-electron chi connectivity index (χ0n) is 12.7. The summed E-state index contributed by atoms with van der Waals surface area (Å²) in [6.07, 6.45) is 1.68. The average Bonchev–Trinajstić information content (AvgIpc) is 2.83. The van der Waals surface area contributed by atoms with E-state index in [1.165, 1.54) is 11.1 Å². The van der Waals surface area contributed by atoms with Gasteiger partial charge in [0, 0.05) is 12.1 Å². The molecule has 0 amide bonds. The monoisotopic (exact) mass is 273 g/mol. The number of ether oxygens (including phenoxy) is 1. The van der Waals surface area contributed by atoms with Crippen molar-refractivity contribution in [3.8, 4) is 5.75 Å². The molecule has 0 spiro atoms. The summed E-state index contributed by atoms with van der Waals surface area (Å²) in [4.78, 5) is 0. The highest BCUT2D eigenvalue weighted by molar-refractivity contribution is 5.41. The number of furan rings is 1. The molecule has 0 saturated carbocycles. The Labute approximate surface area is 120 Å². The Kier molecular flexibility index (Phi) is 4.19. The third-order valence-corrected chi connectivity index (χ3v) is 3.26. The van der Waals surface area contributed by atoms with Gasteiger partial charge < -0.3 is 14.9 Å². The van der Waals surface area contributed by atoms with Gasteiger partial charge in [0.15, 0.2) is 0 Å². The van der Waals surface area contributed by atoms with Crippen LogP contribution in [0, 0.1) is 6.92 Å². The Morgan fingerprint density at radius 1 is 1.20 bits per heavy atom. The lowest BCUT2D eigenvalue weighted by molar-refractivity contribution is 0.264. The van der Waals surface area contributed by atoms with Crippen molar-refractivity contribution in [2.75, 3.05) is 0 Å². The molecular formula is C17H23NO2. The zero-order valence-corrected chi connectivity index (χ0v) is 12.7. The number of benzene rings is 1. The molecule has 0 aliphatic rings. The van der Waals surface area contributed by atoms with Crippen LogP contribution in [0.2, 0.25) is 0 Å². The van der Waals surface area contributed by atoms with Gasteiger partial charge in [-0.25, -0.2) is 0 Å². The van der Waals surface area contributed by atoms with E-state index in [-0.39, 0.29) is 5.41 Å². The van der Waals surface area contributed by atoms with Gasteiger partial charge in [0.25, 0.3) is 0 Å². The van der Waals surface area contributed by atoms with E-state index in [0.29, 0.717) is 13.2 Å². The van der Waals surface area contributed by atoms with Gasteiger partial charge in [-0.3, -0.25) is 0 Å². The molecule has 108 valence electrons. The van der Waals surface area contributed by atoms with Gasteiger partial charge in [0.1, 0.15) is 18.1 Å². The minimum Gasteiger partial charge on any atom is -0.485 e. The number of nitrogens with two attached hydrogens (primary N) is 1. The second-order valence-corrected chi connectivity index (χ2v) is 6.16. The highest BCUT2D eigenvalue weighted by Gasteiger charge is 2.19. The van der Waals surface area contributed by atoms with E-state index in [9.17, 15) is 0 Å². The summed E-state index contributed by atoms with van der Waals surface area (Å²) in [5.74, 6) is 1.72. The number of hydrogen-bond acceptors (Lipinski definition) is 3. The average molecular weight is 273 g/mol. The molecule has 0 fully saturated rings. The van der Waals surface area contributed by atoms with Crippen LogP contribution < -0.4 is 10.5 Å². The smallest absolute Gasteiger partial charge is 0.146 e. The maximum absolute atomic E-state index is 5.95. The second-order valence-electron chi connectivity index (χ2n) is 6.16. The van der Waals surface area contributed by atoms with E-state index in [1.807, 2.05) is 6.07 Å². The molecular weight excluding hydrogens is 250 g/mol. The minimum absolute atomic E-state index is 0.0502. The lowest BCUT2D eigenvalue weighted by atomic mass is 9.86. The predicted molar refractivity (Wildman–Crippen MR) is 80.8 cm³/mol. The van der Waals surface area contributed by atoms with Gasteiger partial charge in [-0.1, -0.05) is 32.9 Å². The maximum Gasteiger partial charge on any atom is 0.146 e. The first kappa shape index (κ1) is 14.7. The third kappa shape index (κ3) is 3.42. The normalized spacial score (nSPS) is 11.7. The fourth-order valence-electron chi connectivity index (χ4n) is 2.13. The lowest BCUT2D eigenvalue weighted by Crippen LogP contribution is -2.13. The number of hydrogen-bond donors (Lipinski definition) is 1. The van der Waals surface area contributed by atoms with Crippen molar-refractivity contribution in [3.63, 3.8) is 0 Å². The Hall–Kier alpha value is -1.74. The van der Waals surface area contributed by atoms with Gasteiger partial charge in [-0.15, -0.1) is 0 Å². The van der Waals surface area contributed by atoms with Crippen molar-refractivity contribution in [2.45, 2.75) is 46.3 Å². The number of aryl methyl sites for hydroxylation is 1. The predicted octanol–water partition coefficient (Wildman–Crippen LogP) is 3.92. The van der Waals surface area contributed by atoms with Crippen LogP contribution in [0.15, 0.2) is 34.9 Å². The van der Waals surface area contributed by atoms with E-state index in [0.717, 1.165) is 17.1 Å². The molecule has 2 rings (SSSR count). The van der Waals surface area contributed by atoms with Crippen LogP contribution in [0.25, 0.3) is 0 Å². The molecule has 3 nitrogen and oxygen atoms in total. The number of rotatable bonds is 4. The van der Waals surface area contributed by atoms with Gasteiger partial charge in [-0.05, 0) is 35.6 Å². The third-order valence-electron chi connectivity index (χ3n) is 3.26. The molecule has 0 bridgehead atoms. The summed E-state index contributed by atoms with van der Waals surface area (Å²) < 4.78 is 11.4. The van der Waals surface area contributed by atoms with E-state index >= 15 is 0 Å². The maximum atomic E-state index is 5.95. The van der Waals surface area contributed by atoms with Gasteiger partial charge in [-0.2, -0.15) is 0 Å². The molecule has 1 aromatic carbocycles. The molecule has 20 heavy (non-hydrogen) atoms. The molecule has 1 heterocycles. The van der Waals surface area contributed by atoms with Crippen LogP contribution in [-0.2, 0) is 18.6 Å². The Bertz CT molecular complexity index is 579. The van der Waals surface area contributed by atoms with Crippen molar-refractivity contribution >= 4 is 0 Å². The van der Waals surface area contributed by atoms with E-state index in [2.05, 4.69) is 45.9 Å². The second kappa shape index (κ2) is 5.71. The molecule has 2 N–H and O–H groups in total. The molecule has 0 saturated heterocycles. The van der Waals surface area contributed by atoms with Gasteiger partial charge in [0.2, 0.25) is 0 Å². The molecule has 0 radical (unpaired) electrons. The lowest BCUT2D eigenvalue weighted by Gasteiger charge is -2.23. The summed E-state index contributed by atoms with van der Waals surface area (Å²) in [5, 5.41) is 0. The Balaban J connectivity index is 2.18. The van der Waals surface area contributed by atoms with Gasteiger partial charge >= 0.3 is 0 Å². The van der Waals surface area contributed by atoms with Crippen LogP contribution in [0.3, 0.4) is 0 Å². The van der Waals surface area contributed by atoms with Crippen molar-refractivity contribution in [3.05, 3.63) is 53.0 Å². The van der Waals surface area contributed by atoms with Crippen LogP contribution in [0.4, 0.5) is 0 Å². The topological polar surface area (TPSA) is 48.4 Å². The summed E-state index contributed by atoms with van der Waals surface area (Å²) in [7, 11) is 0. The van der Waals surface area contributed by atoms with Crippen molar-refractivity contribution < 1.29 is 9.15 Å². The molecule has 0 atom stereocenters. The molecule has 3 heteroatoms. The fourth-order valence-corrected chi connectivity index (χ4v) is 2.13. The van der Waals surface area contributed by atoms with E-state index < -0.39 is 0 Å². The van der Waals surface area contributed by atoms with Crippen molar-refractivity contribution in [1.29, 1.82) is 0 Å². The van der Waals surface area contributed by atoms with E-state index in [1.54, 1.807) is 6.26 Å². The van der Waals surface area contributed by atoms with Crippen LogP contribution >= 0.6 is 0 Å². The van der Waals surface area contributed by atoms with Crippen LogP contribution in [0.5, 0.6) is 5.75 Å². The van der Waals surface area contributed by atoms with Crippen LogP contribution in [-0.4, -0.2) is 0 Å². The molecule has 1 aromatic heterocycles. The van der Waals surface area contributed by atoms with Crippen LogP contribution in [0.1, 0.15) is 43.2 Å². The molecule has 0 aliphatic heterocycles. The summed E-state index contributed by atoms with van der Waals surface area (Å²) in [6, 6.07) is 8.27. The quantitative estimate of drug-likeness (QED) is 0.918. The zero-order chi connectivity index (χ0) is 14.8. The standard InChI is InChI=1S/C17H23NO2/c1-12-5-6-15(17(2,3)4)16(7-12)20-11-14-8-13(9-18)10-19-14/h5-8,10H,9,11,18H2,1-4H3. The summed E-state index contributed by atoms with van der Waals surface area (Å²) >= 11 is 0.